The number of hydrogen-bond acceptors (Lipinski definition) is 2. The molecule has 0 aromatic heterocycles. The van der Waals surface area contributed by atoms with Crippen LogP contribution >= 0.6 is 0 Å². The number of aliphatic carboxylic acids is 1. The number of carboxylic acid groups (broad SMARTS) is 1. The van der Waals surface area contributed by atoms with E-state index in [9.17, 15) is 4.79 Å². The summed E-state index contributed by atoms with van der Waals surface area (Å²) in [4.78, 5) is 10.4. The van der Waals surface area contributed by atoms with Gasteiger partial charge in [-0.3, -0.25) is 4.79 Å². The van der Waals surface area contributed by atoms with Gasteiger partial charge in [0.15, 0.2) is 0 Å². The van der Waals surface area contributed by atoms with Crippen LogP contribution < -0.4 is 5.73 Å². The maximum Gasteiger partial charge on any atom is 0.304 e. The molecule has 2 atom stereocenters. The van der Waals surface area contributed by atoms with Crippen molar-refractivity contribution in [2.24, 2.45) is 17.6 Å². The van der Waals surface area contributed by atoms with Crippen LogP contribution in [0.4, 0.5) is 0 Å². The first kappa shape index (κ1) is 11.5. The van der Waals surface area contributed by atoms with Crippen molar-refractivity contribution in [1.82, 2.24) is 0 Å². The van der Waals surface area contributed by atoms with Crippen LogP contribution in [0.15, 0.2) is 0 Å². The molecule has 0 aliphatic heterocycles. The summed E-state index contributed by atoms with van der Waals surface area (Å²) in [5, 5.41) is 8.54. The predicted molar refractivity (Wildman–Crippen MR) is 56.0 cm³/mol. The Morgan fingerprint density at radius 2 is 2.21 bits per heavy atom. The van der Waals surface area contributed by atoms with Gasteiger partial charge in [0.05, 0.1) is 6.42 Å². The predicted octanol–water partition coefficient (Wildman–Crippen LogP) is 2.00. The maximum absolute atomic E-state index is 10.4. The molecular formula is C11H21NO2. The van der Waals surface area contributed by atoms with Gasteiger partial charge < -0.3 is 10.8 Å². The van der Waals surface area contributed by atoms with Gasteiger partial charge in [0.2, 0.25) is 0 Å². The minimum Gasteiger partial charge on any atom is -0.481 e. The lowest BCUT2D eigenvalue weighted by Gasteiger charge is -2.15. The number of carboxylic acids is 1. The summed E-state index contributed by atoms with van der Waals surface area (Å²) < 4.78 is 0. The normalized spacial score (nSPS) is 20.4. The van der Waals surface area contributed by atoms with E-state index < -0.39 is 5.97 Å². The molecule has 1 saturated carbocycles. The van der Waals surface area contributed by atoms with Crippen molar-refractivity contribution in [3.05, 3.63) is 0 Å². The molecule has 1 rings (SSSR count). The first-order chi connectivity index (χ1) is 6.58. The molecule has 3 N–H and O–H groups in total. The van der Waals surface area contributed by atoms with E-state index in [1.807, 2.05) is 0 Å². The lowest BCUT2D eigenvalue weighted by molar-refractivity contribution is -0.137. The van der Waals surface area contributed by atoms with Crippen molar-refractivity contribution in [2.45, 2.75) is 51.5 Å². The van der Waals surface area contributed by atoms with Crippen LogP contribution in [0.3, 0.4) is 0 Å². The van der Waals surface area contributed by atoms with E-state index >= 15 is 0 Å². The van der Waals surface area contributed by atoms with Crippen molar-refractivity contribution < 1.29 is 9.90 Å². The van der Waals surface area contributed by atoms with Crippen LogP contribution in [0.25, 0.3) is 0 Å². The second kappa shape index (κ2) is 5.35. The average Bonchev–Trinajstić information content (AvgIpc) is 2.81. The largest absolute Gasteiger partial charge is 0.481 e. The fourth-order valence-corrected chi connectivity index (χ4v) is 1.87. The average molecular weight is 199 g/mol. The molecule has 3 heteroatoms. The Hall–Kier alpha value is -0.570. The summed E-state index contributed by atoms with van der Waals surface area (Å²) in [6, 6.07) is -0.165. The van der Waals surface area contributed by atoms with E-state index in [0.29, 0.717) is 5.92 Å². The Morgan fingerprint density at radius 1 is 1.57 bits per heavy atom. The molecule has 0 amide bonds. The second-order valence-electron chi connectivity index (χ2n) is 4.72. The van der Waals surface area contributed by atoms with Crippen LogP contribution in [0.2, 0.25) is 0 Å². The monoisotopic (exact) mass is 199 g/mol. The van der Waals surface area contributed by atoms with E-state index in [2.05, 4.69) is 6.92 Å². The molecule has 0 radical (unpaired) electrons. The SMILES string of the molecule is C[C@H](CCC1CC1)C[C@@H](N)CC(=O)O. The first-order valence-corrected chi connectivity index (χ1v) is 5.55. The van der Waals surface area contributed by atoms with Crippen LogP contribution in [0.1, 0.15) is 45.4 Å². The molecule has 1 aliphatic carbocycles. The zero-order valence-electron chi connectivity index (χ0n) is 8.91. The summed E-state index contributed by atoms with van der Waals surface area (Å²) >= 11 is 0. The summed E-state index contributed by atoms with van der Waals surface area (Å²) in [6.45, 7) is 2.17. The smallest absolute Gasteiger partial charge is 0.304 e. The second-order valence-corrected chi connectivity index (χ2v) is 4.72. The fourth-order valence-electron chi connectivity index (χ4n) is 1.87. The number of nitrogens with two attached hydrogens (primary N) is 1. The maximum atomic E-state index is 10.4. The van der Waals surface area contributed by atoms with Crippen molar-refractivity contribution >= 4 is 5.97 Å². The summed E-state index contributed by atoms with van der Waals surface area (Å²) in [6.07, 6.45) is 6.26. The standard InChI is InChI=1S/C11H21NO2/c1-8(2-3-9-4-5-9)6-10(12)7-11(13)14/h8-10H,2-7,12H2,1H3,(H,13,14)/t8-,10-/m1/s1. The van der Waals surface area contributed by atoms with Crippen molar-refractivity contribution in [3.8, 4) is 0 Å². The van der Waals surface area contributed by atoms with Gasteiger partial charge in [0, 0.05) is 6.04 Å². The number of rotatable bonds is 7. The minimum atomic E-state index is -0.785. The molecular weight excluding hydrogens is 178 g/mol. The highest BCUT2D eigenvalue weighted by atomic mass is 16.4. The van der Waals surface area contributed by atoms with Crippen LogP contribution in [-0.2, 0) is 4.79 Å². The summed E-state index contributed by atoms with van der Waals surface area (Å²) in [7, 11) is 0. The van der Waals surface area contributed by atoms with E-state index in [0.717, 1.165) is 12.3 Å². The van der Waals surface area contributed by atoms with Gasteiger partial charge in [-0.25, -0.2) is 0 Å². The van der Waals surface area contributed by atoms with E-state index in [1.165, 1.54) is 25.7 Å². The van der Waals surface area contributed by atoms with Crippen molar-refractivity contribution in [2.75, 3.05) is 0 Å². The Balaban J connectivity index is 2.04. The molecule has 0 aromatic rings. The van der Waals surface area contributed by atoms with Crippen molar-refractivity contribution in [3.63, 3.8) is 0 Å². The quantitative estimate of drug-likeness (QED) is 0.659. The van der Waals surface area contributed by atoms with Gasteiger partial charge in [0.25, 0.3) is 0 Å². The zero-order valence-corrected chi connectivity index (χ0v) is 8.91. The highest BCUT2D eigenvalue weighted by Gasteiger charge is 2.22. The third kappa shape index (κ3) is 5.22. The Kier molecular flexibility index (Phi) is 4.39. The lowest BCUT2D eigenvalue weighted by atomic mass is 9.95. The number of hydrogen-bond donors (Lipinski definition) is 2. The highest BCUT2D eigenvalue weighted by Crippen LogP contribution is 2.35. The summed E-state index contributed by atoms with van der Waals surface area (Å²) in [5.74, 6) is 0.755. The third-order valence-corrected chi connectivity index (χ3v) is 2.91. The molecule has 3 nitrogen and oxygen atoms in total. The van der Waals surface area contributed by atoms with E-state index in [-0.39, 0.29) is 12.5 Å². The van der Waals surface area contributed by atoms with Crippen LogP contribution in [0.5, 0.6) is 0 Å². The summed E-state index contributed by atoms with van der Waals surface area (Å²) in [5.41, 5.74) is 5.72. The topological polar surface area (TPSA) is 63.3 Å². The van der Waals surface area contributed by atoms with Gasteiger partial charge in [-0.1, -0.05) is 32.6 Å². The molecule has 1 aliphatic rings. The Morgan fingerprint density at radius 3 is 2.71 bits per heavy atom. The van der Waals surface area contributed by atoms with Gasteiger partial charge in [-0.2, -0.15) is 0 Å². The minimum absolute atomic E-state index is 0.105. The zero-order chi connectivity index (χ0) is 10.6. The van der Waals surface area contributed by atoms with Gasteiger partial charge in [-0.05, 0) is 18.3 Å². The molecule has 0 spiro atoms. The Bertz CT molecular complexity index is 190. The molecule has 82 valence electrons. The van der Waals surface area contributed by atoms with Crippen molar-refractivity contribution in [1.29, 1.82) is 0 Å². The van der Waals surface area contributed by atoms with Crippen LogP contribution in [-0.4, -0.2) is 17.1 Å². The Labute approximate surface area is 85.7 Å². The molecule has 0 unspecified atom stereocenters. The number of carbonyl (C=O) groups is 1. The molecule has 0 bridgehead atoms. The molecule has 14 heavy (non-hydrogen) atoms. The van der Waals surface area contributed by atoms with Gasteiger partial charge >= 0.3 is 5.97 Å². The third-order valence-electron chi connectivity index (χ3n) is 2.91. The highest BCUT2D eigenvalue weighted by molar-refractivity contribution is 5.67. The van der Waals surface area contributed by atoms with Gasteiger partial charge in [0.1, 0.15) is 0 Å². The molecule has 1 fully saturated rings. The molecule has 0 saturated heterocycles. The van der Waals surface area contributed by atoms with E-state index in [1.54, 1.807) is 0 Å². The first-order valence-electron chi connectivity index (χ1n) is 5.55. The fraction of sp³-hybridized carbons (Fsp3) is 0.909. The molecule has 0 heterocycles. The lowest BCUT2D eigenvalue weighted by Crippen LogP contribution is -2.26. The van der Waals surface area contributed by atoms with Gasteiger partial charge in [-0.15, -0.1) is 0 Å². The van der Waals surface area contributed by atoms with E-state index in [4.69, 9.17) is 10.8 Å². The van der Waals surface area contributed by atoms with Crippen LogP contribution in [0, 0.1) is 11.8 Å². The molecule has 0 aromatic carbocycles.